The van der Waals surface area contributed by atoms with Crippen LogP contribution >= 0.6 is 0 Å². The molecule has 1 unspecified atom stereocenters. The van der Waals surface area contributed by atoms with Crippen LogP contribution in [0.3, 0.4) is 0 Å². The van der Waals surface area contributed by atoms with Gasteiger partial charge in [-0.1, -0.05) is 13.8 Å². The van der Waals surface area contributed by atoms with E-state index in [1.165, 1.54) is 0 Å². The number of carbonyl (C=O) groups is 1. The Kier molecular flexibility index (Phi) is 4.94. The molecule has 0 saturated heterocycles. The first-order valence-corrected chi connectivity index (χ1v) is 3.53. The van der Waals surface area contributed by atoms with Gasteiger partial charge in [-0.05, 0) is 13.5 Å². The van der Waals surface area contributed by atoms with Crippen molar-refractivity contribution in [1.29, 1.82) is 0 Å². The summed E-state index contributed by atoms with van der Waals surface area (Å²) in [5.74, 6) is -0.106. The zero-order chi connectivity index (χ0) is 7.98. The van der Waals surface area contributed by atoms with E-state index in [0.717, 1.165) is 6.42 Å². The number of ether oxygens (including phenoxy) is 1. The van der Waals surface area contributed by atoms with Crippen LogP contribution in [-0.4, -0.2) is 19.7 Å². The quantitative estimate of drug-likeness (QED) is 0.468. The molecular weight excluding hydrogens is 130 g/mol. The molecule has 0 aliphatic heterocycles. The van der Waals surface area contributed by atoms with Crippen LogP contribution in [-0.2, 0) is 9.53 Å². The third kappa shape index (κ3) is 3.45. The topological polar surface area (TPSA) is 38.3 Å². The third-order valence-electron chi connectivity index (χ3n) is 1.37. The smallest absolute Gasteiger partial charge is 0.309 e. The van der Waals surface area contributed by atoms with Gasteiger partial charge in [0.25, 0.3) is 0 Å². The van der Waals surface area contributed by atoms with Crippen molar-refractivity contribution in [2.45, 2.75) is 20.3 Å². The van der Waals surface area contributed by atoms with Crippen LogP contribution < -0.4 is 5.32 Å². The van der Waals surface area contributed by atoms with E-state index >= 15 is 0 Å². The molecule has 1 N–H and O–H groups in total. The lowest BCUT2D eigenvalue weighted by atomic mass is 10.1. The van der Waals surface area contributed by atoms with Crippen LogP contribution in [0.1, 0.15) is 20.3 Å². The molecule has 0 aromatic rings. The maximum atomic E-state index is 10.9. The summed E-state index contributed by atoms with van der Waals surface area (Å²) in [6.07, 6.45) is 0.836. The van der Waals surface area contributed by atoms with Crippen molar-refractivity contribution in [2.24, 2.45) is 5.92 Å². The number of hydrogen-bond donors (Lipinski definition) is 1. The lowest BCUT2D eigenvalue weighted by Gasteiger charge is -2.07. The summed E-state index contributed by atoms with van der Waals surface area (Å²) in [7, 11) is 1.74. The number of nitrogens with one attached hydrogen (secondary N) is 1. The van der Waals surface area contributed by atoms with E-state index in [1.807, 2.05) is 13.8 Å². The van der Waals surface area contributed by atoms with Gasteiger partial charge >= 0.3 is 5.97 Å². The predicted molar refractivity (Wildman–Crippen MR) is 39.5 cm³/mol. The summed E-state index contributed by atoms with van der Waals surface area (Å²) in [5, 5.41) is 2.73. The van der Waals surface area contributed by atoms with Gasteiger partial charge in [0.15, 0.2) is 0 Å². The molecule has 60 valence electrons. The summed E-state index contributed by atoms with van der Waals surface area (Å²) in [6, 6.07) is 0. The van der Waals surface area contributed by atoms with Crippen LogP contribution in [0.4, 0.5) is 0 Å². The Morgan fingerprint density at radius 2 is 2.30 bits per heavy atom. The highest BCUT2D eigenvalue weighted by atomic mass is 16.5. The van der Waals surface area contributed by atoms with E-state index in [9.17, 15) is 4.79 Å². The first-order valence-electron chi connectivity index (χ1n) is 3.53. The fourth-order valence-electron chi connectivity index (χ4n) is 0.452. The average molecular weight is 145 g/mol. The van der Waals surface area contributed by atoms with Crippen LogP contribution in [0.15, 0.2) is 0 Å². The molecule has 0 aromatic heterocycles. The molecule has 1 atom stereocenters. The van der Waals surface area contributed by atoms with Gasteiger partial charge in [0.2, 0.25) is 0 Å². The second-order valence-electron chi connectivity index (χ2n) is 2.27. The Balaban J connectivity index is 3.42. The molecule has 0 radical (unpaired) electrons. The van der Waals surface area contributed by atoms with Crippen molar-refractivity contribution >= 4 is 5.97 Å². The maximum absolute atomic E-state index is 10.9. The lowest BCUT2D eigenvalue weighted by molar-refractivity contribution is -0.148. The Bertz CT molecular complexity index is 104. The van der Waals surface area contributed by atoms with Crippen LogP contribution in [0, 0.1) is 5.92 Å². The number of carbonyl (C=O) groups excluding carboxylic acids is 1. The van der Waals surface area contributed by atoms with Crippen molar-refractivity contribution in [3.63, 3.8) is 0 Å². The maximum Gasteiger partial charge on any atom is 0.309 e. The molecule has 3 nitrogen and oxygen atoms in total. The van der Waals surface area contributed by atoms with Crippen molar-refractivity contribution in [3.8, 4) is 0 Å². The Morgan fingerprint density at radius 3 is 2.70 bits per heavy atom. The largest absolute Gasteiger partial charge is 0.450 e. The molecule has 0 fully saturated rings. The van der Waals surface area contributed by atoms with Crippen LogP contribution in [0.5, 0.6) is 0 Å². The molecule has 0 bridgehead atoms. The molecule has 0 heterocycles. The number of esters is 1. The normalized spacial score (nSPS) is 12.7. The fourth-order valence-corrected chi connectivity index (χ4v) is 0.452. The molecule has 0 amide bonds. The first kappa shape index (κ1) is 9.43. The van der Waals surface area contributed by atoms with E-state index in [0.29, 0.717) is 6.73 Å². The van der Waals surface area contributed by atoms with Crippen molar-refractivity contribution in [1.82, 2.24) is 5.32 Å². The second kappa shape index (κ2) is 5.23. The minimum absolute atomic E-state index is 0.0216. The molecule has 0 rings (SSSR count). The molecule has 0 aliphatic carbocycles. The fraction of sp³-hybridized carbons (Fsp3) is 0.857. The van der Waals surface area contributed by atoms with Gasteiger partial charge in [0, 0.05) is 0 Å². The highest BCUT2D eigenvalue weighted by molar-refractivity contribution is 5.71. The summed E-state index contributed by atoms with van der Waals surface area (Å²) in [4.78, 5) is 10.9. The van der Waals surface area contributed by atoms with Gasteiger partial charge < -0.3 is 4.74 Å². The summed E-state index contributed by atoms with van der Waals surface area (Å²) in [5.41, 5.74) is 0. The monoisotopic (exact) mass is 145 g/mol. The van der Waals surface area contributed by atoms with Crippen molar-refractivity contribution < 1.29 is 9.53 Å². The molecule has 0 aliphatic rings. The van der Waals surface area contributed by atoms with E-state index in [2.05, 4.69) is 5.32 Å². The van der Waals surface area contributed by atoms with Gasteiger partial charge in [0.1, 0.15) is 6.73 Å². The van der Waals surface area contributed by atoms with Gasteiger partial charge in [-0.15, -0.1) is 0 Å². The number of hydrogen-bond acceptors (Lipinski definition) is 3. The van der Waals surface area contributed by atoms with Gasteiger partial charge in [0.05, 0.1) is 5.92 Å². The SMILES string of the molecule is CCC(C)C(=O)OCNC. The Hall–Kier alpha value is -0.570. The van der Waals surface area contributed by atoms with Gasteiger partial charge in [-0.25, -0.2) is 0 Å². The molecule has 0 saturated carbocycles. The van der Waals surface area contributed by atoms with Gasteiger partial charge in [-0.2, -0.15) is 0 Å². The Labute approximate surface area is 61.8 Å². The first-order chi connectivity index (χ1) is 4.72. The lowest BCUT2D eigenvalue weighted by Crippen LogP contribution is -2.20. The summed E-state index contributed by atoms with van der Waals surface area (Å²) in [6.45, 7) is 4.13. The van der Waals surface area contributed by atoms with E-state index in [-0.39, 0.29) is 11.9 Å². The minimum Gasteiger partial charge on any atom is -0.450 e. The zero-order valence-corrected chi connectivity index (χ0v) is 6.81. The summed E-state index contributed by atoms with van der Waals surface area (Å²) >= 11 is 0. The predicted octanol–water partition coefficient (Wildman–Crippen LogP) is 0.753. The second-order valence-corrected chi connectivity index (χ2v) is 2.27. The van der Waals surface area contributed by atoms with Gasteiger partial charge in [-0.3, -0.25) is 10.1 Å². The highest BCUT2D eigenvalue weighted by Crippen LogP contribution is 2.01. The van der Waals surface area contributed by atoms with E-state index in [4.69, 9.17) is 4.74 Å². The molecule has 3 heteroatoms. The standard InChI is InChI=1S/C7H15NO2/c1-4-6(2)7(9)10-5-8-3/h6,8H,4-5H2,1-3H3. The molecular formula is C7H15NO2. The highest BCUT2D eigenvalue weighted by Gasteiger charge is 2.10. The van der Waals surface area contributed by atoms with E-state index in [1.54, 1.807) is 7.05 Å². The minimum atomic E-state index is -0.128. The number of rotatable bonds is 4. The third-order valence-corrected chi connectivity index (χ3v) is 1.37. The zero-order valence-electron chi connectivity index (χ0n) is 6.81. The van der Waals surface area contributed by atoms with Crippen LogP contribution in [0.2, 0.25) is 0 Å². The van der Waals surface area contributed by atoms with Crippen molar-refractivity contribution in [2.75, 3.05) is 13.8 Å². The van der Waals surface area contributed by atoms with Crippen LogP contribution in [0.25, 0.3) is 0 Å². The Morgan fingerprint density at radius 1 is 1.70 bits per heavy atom. The average Bonchev–Trinajstić information content (AvgIpc) is 1.98. The molecule has 10 heavy (non-hydrogen) atoms. The van der Waals surface area contributed by atoms with Crippen molar-refractivity contribution in [3.05, 3.63) is 0 Å². The summed E-state index contributed by atoms with van der Waals surface area (Å²) < 4.78 is 4.79. The molecule has 0 aromatic carbocycles. The molecule has 0 spiro atoms. The van der Waals surface area contributed by atoms with E-state index < -0.39 is 0 Å².